The lowest BCUT2D eigenvalue weighted by Gasteiger charge is -2.08. The number of nitrogens with zero attached hydrogens (tertiary/aromatic N) is 2. The molecule has 0 saturated heterocycles. The molecule has 0 saturated carbocycles. The second kappa shape index (κ2) is 6.32. The van der Waals surface area contributed by atoms with E-state index < -0.39 is 10.0 Å². The molecule has 0 aliphatic heterocycles. The molecule has 0 atom stereocenters. The van der Waals surface area contributed by atoms with Gasteiger partial charge in [-0.05, 0) is 47.1 Å². The van der Waals surface area contributed by atoms with E-state index in [-0.39, 0.29) is 5.75 Å². The van der Waals surface area contributed by atoms with Crippen LogP contribution in [0.2, 0.25) is 0 Å². The minimum absolute atomic E-state index is 0.0270. The zero-order chi connectivity index (χ0) is 14.6. The summed E-state index contributed by atoms with van der Waals surface area (Å²) in [5.41, 5.74) is 1.48. The van der Waals surface area contributed by atoms with Crippen molar-refractivity contribution in [2.45, 2.75) is 13.3 Å². The fraction of sp³-hybridized carbons (Fsp3) is 0.231. The predicted molar refractivity (Wildman–Crippen MR) is 82.0 cm³/mol. The van der Waals surface area contributed by atoms with Crippen LogP contribution in [0.4, 0.5) is 5.82 Å². The van der Waals surface area contributed by atoms with Gasteiger partial charge in [0.05, 0.1) is 11.4 Å². The Labute approximate surface area is 126 Å². The van der Waals surface area contributed by atoms with Crippen molar-refractivity contribution >= 4 is 31.8 Å². The van der Waals surface area contributed by atoms with Crippen LogP contribution in [0.5, 0.6) is 0 Å². The van der Waals surface area contributed by atoms with E-state index in [0.717, 1.165) is 15.9 Å². The average Bonchev–Trinajstić information content (AvgIpc) is 2.42. The standard InChI is InChI=1S/C13H14BrN3O2S/c1-10-12(14)5-6-13(16-10)17-20(18,19)9-7-11-4-2-3-8-15-11/h2-6,8H,7,9H2,1H3,(H,16,17). The molecule has 0 unspecified atom stereocenters. The normalized spacial score (nSPS) is 11.3. The Morgan fingerprint density at radius 2 is 2.05 bits per heavy atom. The Bertz CT molecular complexity index is 690. The van der Waals surface area contributed by atoms with Crippen LogP contribution < -0.4 is 4.72 Å². The molecular weight excluding hydrogens is 342 g/mol. The van der Waals surface area contributed by atoms with Gasteiger partial charge in [0.1, 0.15) is 5.82 Å². The third kappa shape index (κ3) is 4.28. The molecule has 0 aliphatic rings. The van der Waals surface area contributed by atoms with Crippen molar-refractivity contribution in [2.75, 3.05) is 10.5 Å². The molecule has 0 radical (unpaired) electrons. The van der Waals surface area contributed by atoms with Crippen molar-refractivity contribution in [3.8, 4) is 0 Å². The van der Waals surface area contributed by atoms with Gasteiger partial charge in [-0.1, -0.05) is 6.07 Å². The zero-order valence-corrected chi connectivity index (χ0v) is 13.3. The fourth-order valence-corrected chi connectivity index (χ4v) is 2.83. The molecule has 0 bridgehead atoms. The number of hydrogen-bond acceptors (Lipinski definition) is 4. The van der Waals surface area contributed by atoms with E-state index in [1.807, 2.05) is 6.07 Å². The number of nitrogens with one attached hydrogen (secondary N) is 1. The first-order valence-electron chi connectivity index (χ1n) is 6.00. The lowest BCUT2D eigenvalue weighted by atomic mass is 10.3. The molecule has 0 aromatic carbocycles. The molecule has 0 aliphatic carbocycles. The van der Waals surface area contributed by atoms with E-state index in [2.05, 4.69) is 30.6 Å². The number of sulfonamides is 1. The molecule has 2 heterocycles. The lowest BCUT2D eigenvalue weighted by Crippen LogP contribution is -2.19. The topological polar surface area (TPSA) is 72.0 Å². The quantitative estimate of drug-likeness (QED) is 0.894. The van der Waals surface area contributed by atoms with Gasteiger partial charge >= 0.3 is 0 Å². The van der Waals surface area contributed by atoms with Gasteiger partial charge in [0.2, 0.25) is 10.0 Å². The Morgan fingerprint density at radius 1 is 1.25 bits per heavy atom. The third-order valence-electron chi connectivity index (χ3n) is 2.63. The van der Waals surface area contributed by atoms with E-state index >= 15 is 0 Å². The first-order chi connectivity index (χ1) is 9.46. The molecule has 0 amide bonds. The Morgan fingerprint density at radius 3 is 2.70 bits per heavy atom. The summed E-state index contributed by atoms with van der Waals surface area (Å²) in [5, 5.41) is 0. The number of rotatable bonds is 5. The summed E-state index contributed by atoms with van der Waals surface area (Å²) in [6.07, 6.45) is 2.01. The van der Waals surface area contributed by atoms with Crippen LogP contribution in [-0.4, -0.2) is 24.1 Å². The predicted octanol–water partition coefficient (Wildman–Crippen LogP) is 2.53. The van der Waals surface area contributed by atoms with Gasteiger partial charge in [0.25, 0.3) is 0 Å². The summed E-state index contributed by atoms with van der Waals surface area (Å²) in [6.45, 7) is 1.80. The monoisotopic (exact) mass is 355 g/mol. The second-order valence-corrected chi connectivity index (χ2v) is 6.95. The van der Waals surface area contributed by atoms with Crippen LogP contribution in [-0.2, 0) is 16.4 Å². The van der Waals surface area contributed by atoms with Gasteiger partial charge in [-0.15, -0.1) is 0 Å². The number of aryl methyl sites for hydroxylation is 2. The first kappa shape index (κ1) is 14.9. The minimum Gasteiger partial charge on any atom is -0.267 e. The molecule has 2 aromatic heterocycles. The van der Waals surface area contributed by atoms with Crippen molar-refractivity contribution in [2.24, 2.45) is 0 Å². The maximum absolute atomic E-state index is 12.0. The summed E-state index contributed by atoms with van der Waals surface area (Å²) in [5.74, 6) is 0.299. The fourth-order valence-electron chi connectivity index (χ4n) is 1.60. The van der Waals surface area contributed by atoms with Gasteiger partial charge in [0.15, 0.2) is 0 Å². The van der Waals surface area contributed by atoms with Crippen molar-refractivity contribution in [1.82, 2.24) is 9.97 Å². The van der Waals surface area contributed by atoms with E-state index in [9.17, 15) is 8.42 Å². The number of halogens is 1. The van der Waals surface area contributed by atoms with Crippen molar-refractivity contribution in [3.05, 3.63) is 52.4 Å². The number of pyridine rings is 2. The van der Waals surface area contributed by atoms with E-state index in [1.54, 1.807) is 37.4 Å². The van der Waals surface area contributed by atoms with Crippen LogP contribution in [0.25, 0.3) is 0 Å². The minimum atomic E-state index is -3.43. The van der Waals surface area contributed by atoms with E-state index in [1.165, 1.54) is 0 Å². The van der Waals surface area contributed by atoms with Gasteiger partial charge in [-0.2, -0.15) is 0 Å². The van der Waals surface area contributed by atoms with E-state index in [4.69, 9.17) is 0 Å². The highest BCUT2D eigenvalue weighted by molar-refractivity contribution is 9.10. The SMILES string of the molecule is Cc1nc(NS(=O)(=O)CCc2ccccn2)ccc1Br. The summed E-state index contributed by atoms with van der Waals surface area (Å²) in [4.78, 5) is 8.26. The molecular formula is C13H14BrN3O2S. The van der Waals surface area contributed by atoms with Crippen LogP contribution >= 0.6 is 15.9 Å². The highest BCUT2D eigenvalue weighted by Crippen LogP contribution is 2.17. The van der Waals surface area contributed by atoms with Crippen molar-refractivity contribution in [1.29, 1.82) is 0 Å². The smallest absolute Gasteiger partial charge is 0.234 e. The molecule has 5 nitrogen and oxygen atoms in total. The van der Waals surface area contributed by atoms with Gasteiger partial charge in [-0.3, -0.25) is 9.71 Å². The summed E-state index contributed by atoms with van der Waals surface area (Å²) < 4.78 is 27.3. The van der Waals surface area contributed by atoms with Gasteiger partial charge < -0.3 is 0 Å². The van der Waals surface area contributed by atoms with Gasteiger partial charge in [0, 0.05) is 22.8 Å². The number of hydrogen-bond donors (Lipinski definition) is 1. The molecule has 0 fully saturated rings. The van der Waals surface area contributed by atoms with Crippen LogP contribution in [0.15, 0.2) is 41.0 Å². The van der Waals surface area contributed by atoms with Crippen molar-refractivity contribution < 1.29 is 8.42 Å². The maximum atomic E-state index is 12.0. The third-order valence-corrected chi connectivity index (χ3v) is 4.73. The molecule has 0 spiro atoms. The Balaban J connectivity index is 2.02. The second-order valence-electron chi connectivity index (χ2n) is 4.26. The molecule has 106 valence electrons. The van der Waals surface area contributed by atoms with E-state index in [0.29, 0.717) is 12.2 Å². The molecule has 7 heteroatoms. The summed E-state index contributed by atoms with van der Waals surface area (Å²) >= 11 is 3.32. The number of aromatic nitrogens is 2. The summed E-state index contributed by atoms with van der Waals surface area (Å²) in [6, 6.07) is 8.82. The highest BCUT2D eigenvalue weighted by atomic mass is 79.9. The number of anilines is 1. The maximum Gasteiger partial charge on any atom is 0.234 e. The highest BCUT2D eigenvalue weighted by Gasteiger charge is 2.12. The molecule has 20 heavy (non-hydrogen) atoms. The largest absolute Gasteiger partial charge is 0.267 e. The van der Waals surface area contributed by atoms with Crippen LogP contribution in [0.3, 0.4) is 0 Å². The molecule has 1 N–H and O–H groups in total. The Hall–Kier alpha value is -1.47. The summed E-state index contributed by atoms with van der Waals surface area (Å²) in [7, 11) is -3.43. The molecule has 2 aromatic rings. The lowest BCUT2D eigenvalue weighted by molar-refractivity contribution is 0.600. The first-order valence-corrected chi connectivity index (χ1v) is 8.44. The zero-order valence-electron chi connectivity index (χ0n) is 10.9. The van der Waals surface area contributed by atoms with Crippen molar-refractivity contribution in [3.63, 3.8) is 0 Å². The van der Waals surface area contributed by atoms with Gasteiger partial charge in [-0.25, -0.2) is 13.4 Å². The van der Waals surface area contributed by atoms with Crippen LogP contribution in [0, 0.1) is 6.92 Å². The average molecular weight is 356 g/mol. The van der Waals surface area contributed by atoms with Crippen LogP contribution in [0.1, 0.15) is 11.4 Å². The Kier molecular flexibility index (Phi) is 4.72. The molecule has 2 rings (SSSR count).